The highest BCUT2D eigenvalue weighted by molar-refractivity contribution is 5.81. The molecule has 0 atom stereocenters. The maximum atomic E-state index is 5.40. The van der Waals surface area contributed by atoms with Crippen LogP contribution in [-0.2, 0) is 11.8 Å². The van der Waals surface area contributed by atoms with Gasteiger partial charge in [-0.1, -0.05) is 19.9 Å². The molecule has 0 saturated carbocycles. The van der Waals surface area contributed by atoms with Gasteiger partial charge < -0.3 is 14.6 Å². The Hall–Kier alpha value is -2.66. The molecule has 0 unspecified atom stereocenters. The first-order valence-corrected chi connectivity index (χ1v) is 9.07. The van der Waals surface area contributed by atoms with Gasteiger partial charge in [0.2, 0.25) is 0 Å². The predicted octanol–water partition coefficient (Wildman–Crippen LogP) is 4.64. The molecule has 0 amide bonds. The molecule has 0 saturated heterocycles. The van der Waals surface area contributed by atoms with E-state index in [1.807, 2.05) is 25.4 Å². The molecule has 4 heterocycles. The van der Waals surface area contributed by atoms with E-state index in [1.54, 1.807) is 0 Å². The molecular weight excluding hydrogens is 324 g/mol. The molecule has 5 nitrogen and oxygen atoms in total. The fraction of sp³-hybridized carbons (Fsp3) is 0.333. The van der Waals surface area contributed by atoms with Crippen LogP contribution in [0.5, 0.6) is 0 Å². The highest BCUT2D eigenvalue weighted by Crippen LogP contribution is 2.26. The number of fused-ring (bicyclic) bond motifs is 1. The summed E-state index contributed by atoms with van der Waals surface area (Å²) in [7, 11) is 2.05. The molecule has 4 rings (SSSR count). The standard InChI is InChI=1S/C21H24N4O/c1-14(2)17-11-21(25(3)13-17)24-20-5-4-18-19(23-20)10-16(12-22-18)15-6-8-26-9-7-15/h4-6,10-14H,7-9H2,1-3H3,(H,23,24). The van der Waals surface area contributed by atoms with Crippen molar-refractivity contribution in [2.75, 3.05) is 18.5 Å². The predicted molar refractivity (Wildman–Crippen MR) is 106 cm³/mol. The van der Waals surface area contributed by atoms with Crippen molar-refractivity contribution in [1.29, 1.82) is 0 Å². The summed E-state index contributed by atoms with van der Waals surface area (Å²) in [5.74, 6) is 2.37. The van der Waals surface area contributed by atoms with E-state index in [1.165, 1.54) is 11.1 Å². The van der Waals surface area contributed by atoms with Crippen LogP contribution in [0.3, 0.4) is 0 Å². The van der Waals surface area contributed by atoms with Gasteiger partial charge in [0.25, 0.3) is 0 Å². The minimum atomic E-state index is 0.501. The Morgan fingerprint density at radius 1 is 1.19 bits per heavy atom. The van der Waals surface area contributed by atoms with E-state index in [-0.39, 0.29) is 0 Å². The Bertz CT molecular complexity index is 971. The van der Waals surface area contributed by atoms with E-state index in [0.29, 0.717) is 12.5 Å². The van der Waals surface area contributed by atoms with E-state index in [9.17, 15) is 0 Å². The smallest absolute Gasteiger partial charge is 0.132 e. The summed E-state index contributed by atoms with van der Waals surface area (Å²) in [6.07, 6.45) is 7.14. The Labute approximate surface area is 153 Å². The fourth-order valence-electron chi connectivity index (χ4n) is 3.20. The molecule has 1 N–H and O–H groups in total. The first-order chi connectivity index (χ1) is 12.6. The lowest BCUT2D eigenvalue weighted by molar-refractivity contribution is 0.161. The van der Waals surface area contributed by atoms with Crippen LogP contribution in [0.15, 0.2) is 42.7 Å². The van der Waals surface area contributed by atoms with Crippen molar-refractivity contribution in [2.45, 2.75) is 26.2 Å². The zero-order chi connectivity index (χ0) is 18.1. The molecule has 0 radical (unpaired) electrons. The van der Waals surface area contributed by atoms with Gasteiger partial charge in [0.05, 0.1) is 24.2 Å². The van der Waals surface area contributed by atoms with E-state index in [2.05, 4.69) is 53.1 Å². The largest absolute Gasteiger partial charge is 0.377 e. The summed E-state index contributed by atoms with van der Waals surface area (Å²) >= 11 is 0. The number of nitrogens with zero attached hydrogens (tertiary/aromatic N) is 3. The number of nitrogens with one attached hydrogen (secondary N) is 1. The maximum absolute atomic E-state index is 5.40. The van der Waals surface area contributed by atoms with Crippen LogP contribution in [0.1, 0.15) is 37.3 Å². The molecule has 0 aliphatic carbocycles. The normalized spacial score (nSPS) is 14.7. The van der Waals surface area contributed by atoms with Gasteiger partial charge in [0.15, 0.2) is 0 Å². The molecule has 1 aliphatic rings. The summed E-state index contributed by atoms with van der Waals surface area (Å²) in [5, 5.41) is 3.43. The summed E-state index contributed by atoms with van der Waals surface area (Å²) in [6, 6.07) is 8.29. The summed E-state index contributed by atoms with van der Waals surface area (Å²) in [5.41, 5.74) is 5.53. The number of aryl methyl sites for hydroxylation is 1. The first-order valence-electron chi connectivity index (χ1n) is 9.07. The van der Waals surface area contributed by atoms with E-state index < -0.39 is 0 Å². The quantitative estimate of drug-likeness (QED) is 0.746. The topological polar surface area (TPSA) is 52.0 Å². The van der Waals surface area contributed by atoms with Crippen molar-refractivity contribution in [3.8, 4) is 0 Å². The third kappa shape index (κ3) is 3.35. The van der Waals surface area contributed by atoms with Gasteiger partial charge in [-0.05, 0) is 53.3 Å². The van der Waals surface area contributed by atoms with Crippen LogP contribution < -0.4 is 5.32 Å². The monoisotopic (exact) mass is 348 g/mol. The number of pyridine rings is 2. The maximum Gasteiger partial charge on any atom is 0.132 e. The van der Waals surface area contributed by atoms with Gasteiger partial charge in [-0.3, -0.25) is 4.98 Å². The van der Waals surface area contributed by atoms with Crippen molar-refractivity contribution in [3.05, 3.63) is 53.9 Å². The number of hydrogen-bond donors (Lipinski definition) is 1. The number of anilines is 2. The fourth-order valence-corrected chi connectivity index (χ4v) is 3.20. The minimum absolute atomic E-state index is 0.501. The molecule has 0 fully saturated rings. The van der Waals surface area contributed by atoms with E-state index in [4.69, 9.17) is 9.72 Å². The highest BCUT2D eigenvalue weighted by atomic mass is 16.5. The Morgan fingerprint density at radius 2 is 2.08 bits per heavy atom. The molecule has 5 heteroatoms. The zero-order valence-electron chi connectivity index (χ0n) is 15.5. The van der Waals surface area contributed by atoms with E-state index in [0.717, 1.165) is 41.3 Å². The Morgan fingerprint density at radius 3 is 2.81 bits per heavy atom. The van der Waals surface area contributed by atoms with Crippen LogP contribution in [-0.4, -0.2) is 27.7 Å². The van der Waals surface area contributed by atoms with Gasteiger partial charge in [0, 0.05) is 19.4 Å². The van der Waals surface area contributed by atoms with Crippen LogP contribution in [0.2, 0.25) is 0 Å². The Kier molecular flexibility index (Phi) is 4.47. The molecule has 3 aromatic rings. The lowest BCUT2D eigenvalue weighted by Crippen LogP contribution is -2.04. The van der Waals surface area contributed by atoms with Gasteiger partial charge >= 0.3 is 0 Å². The second-order valence-electron chi connectivity index (χ2n) is 7.06. The van der Waals surface area contributed by atoms with Crippen LogP contribution >= 0.6 is 0 Å². The van der Waals surface area contributed by atoms with Crippen molar-refractivity contribution in [1.82, 2.24) is 14.5 Å². The lowest BCUT2D eigenvalue weighted by atomic mass is 10.0. The zero-order valence-corrected chi connectivity index (χ0v) is 15.5. The van der Waals surface area contributed by atoms with Crippen molar-refractivity contribution in [2.24, 2.45) is 7.05 Å². The second-order valence-corrected chi connectivity index (χ2v) is 7.06. The van der Waals surface area contributed by atoms with Gasteiger partial charge in [0.1, 0.15) is 11.6 Å². The third-order valence-corrected chi connectivity index (χ3v) is 4.82. The summed E-state index contributed by atoms with van der Waals surface area (Å²) in [4.78, 5) is 9.35. The SMILES string of the molecule is CC(C)c1cc(Nc2ccc3ncc(C4=CCOCC4)cc3n2)n(C)c1. The molecule has 0 aromatic carbocycles. The number of ether oxygens (including phenoxy) is 1. The average molecular weight is 348 g/mol. The van der Waals surface area contributed by atoms with Gasteiger partial charge in [-0.15, -0.1) is 0 Å². The lowest BCUT2D eigenvalue weighted by Gasteiger charge is -2.14. The molecular formula is C21H24N4O. The number of aromatic nitrogens is 3. The van der Waals surface area contributed by atoms with Crippen molar-refractivity contribution in [3.63, 3.8) is 0 Å². The molecule has 134 valence electrons. The molecule has 3 aromatic heterocycles. The second kappa shape index (κ2) is 6.92. The van der Waals surface area contributed by atoms with Crippen LogP contribution in [0, 0.1) is 0 Å². The summed E-state index contributed by atoms with van der Waals surface area (Å²) in [6.45, 7) is 5.84. The Balaban J connectivity index is 1.65. The van der Waals surface area contributed by atoms with E-state index >= 15 is 0 Å². The van der Waals surface area contributed by atoms with Crippen LogP contribution in [0.4, 0.5) is 11.6 Å². The highest BCUT2D eigenvalue weighted by Gasteiger charge is 2.10. The summed E-state index contributed by atoms with van der Waals surface area (Å²) < 4.78 is 7.50. The van der Waals surface area contributed by atoms with Gasteiger partial charge in [-0.2, -0.15) is 0 Å². The first kappa shape index (κ1) is 16.8. The number of hydrogen-bond acceptors (Lipinski definition) is 4. The third-order valence-electron chi connectivity index (χ3n) is 4.82. The van der Waals surface area contributed by atoms with Gasteiger partial charge in [-0.25, -0.2) is 4.98 Å². The van der Waals surface area contributed by atoms with Crippen molar-refractivity contribution >= 4 is 28.2 Å². The number of rotatable bonds is 4. The van der Waals surface area contributed by atoms with Crippen molar-refractivity contribution < 1.29 is 4.74 Å². The molecule has 1 aliphatic heterocycles. The molecule has 0 spiro atoms. The van der Waals surface area contributed by atoms with Crippen LogP contribution in [0.25, 0.3) is 16.6 Å². The molecule has 0 bridgehead atoms. The molecule has 26 heavy (non-hydrogen) atoms. The average Bonchev–Trinajstić information content (AvgIpc) is 3.03. The minimum Gasteiger partial charge on any atom is -0.377 e.